The van der Waals surface area contributed by atoms with Crippen LogP contribution >= 0.6 is 0 Å². The highest BCUT2D eigenvalue weighted by Gasteiger charge is 2.16. The first-order valence-corrected chi connectivity index (χ1v) is 3.54. The van der Waals surface area contributed by atoms with Gasteiger partial charge in [0.2, 0.25) is 5.44 Å². The van der Waals surface area contributed by atoms with Crippen molar-refractivity contribution in [3.63, 3.8) is 0 Å². The molecule has 6 heteroatoms. The van der Waals surface area contributed by atoms with Gasteiger partial charge in [0.15, 0.2) is 0 Å². The molecule has 0 aliphatic heterocycles. The summed E-state index contributed by atoms with van der Waals surface area (Å²) < 4.78 is 32.0. The van der Waals surface area contributed by atoms with Gasteiger partial charge in [0.25, 0.3) is 6.47 Å². The van der Waals surface area contributed by atoms with E-state index in [4.69, 9.17) is 4.55 Å². The summed E-state index contributed by atoms with van der Waals surface area (Å²) in [5.41, 5.74) is -1.48. The summed E-state index contributed by atoms with van der Waals surface area (Å²) in [4.78, 5) is 9.46. The standard InChI is InChI=1S/C3H6O5S/c1-3(8-2-4)9(5,6)7/h2-3H,1H3,(H,5,6,7). The van der Waals surface area contributed by atoms with Gasteiger partial charge in [-0.15, -0.1) is 0 Å². The summed E-state index contributed by atoms with van der Waals surface area (Å²) in [5, 5.41) is 0. The number of hydrogen-bond donors (Lipinski definition) is 1. The van der Waals surface area contributed by atoms with Crippen LogP contribution in [0.4, 0.5) is 0 Å². The van der Waals surface area contributed by atoms with Crippen LogP contribution in [0.3, 0.4) is 0 Å². The Morgan fingerprint density at radius 3 is 2.22 bits per heavy atom. The zero-order chi connectivity index (χ0) is 7.49. The molecule has 0 spiro atoms. The quantitative estimate of drug-likeness (QED) is 0.433. The molecule has 0 aromatic carbocycles. The topological polar surface area (TPSA) is 80.7 Å². The fraction of sp³-hybridized carbons (Fsp3) is 0.667. The van der Waals surface area contributed by atoms with Crippen molar-refractivity contribution in [3.05, 3.63) is 0 Å². The molecule has 0 saturated heterocycles. The SMILES string of the molecule is CC(OC=O)S(=O)(=O)O. The molecule has 0 bridgehead atoms. The Morgan fingerprint density at radius 1 is 1.67 bits per heavy atom. The van der Waals surface area contributed by atoms with E-state index >= 15 is 0 Å². The molecule has 0 heterocycles. The molecule has 1 unspecified atom stereocenters. The molecule has 0 amide bonds. The van der Waals surface area contributed by atoms with E-state index in [2.05, 4.69) is 4.74 Å². The molecule has 1 atom stereocenters. The lowest BCUT2D eigenvalue weighted by Gasteiger charge is -2.02. The van der Waals surface area contributed by atoms with Crippen molar-refractivity contribution in [3.8, 4) is 0 Å². The van der Waals surface area contributed by atoms with Gasteiger partial charge in [-0.25, -0.2) is 0 Å². The highest BCUT2D eigenvalue weighted by Crippen LogP contribution is 1.95. The molecule has 0 aromatic rings. The number of hydrogen-bond acceptors (Lipinski definition) is 4. The van der Waals surface area contributed by atoms with Crippen LogP contribution in [0.5, 0.6) is 0 Å². The monoisotopic (exact) mass is 154 g/mol. The summed E-state index contributed by atoms with van der Waals surface area (Å²) >= 11 is 0. The highest BCUT2D eigenvalue weighted by molar-refractivity contribution is 7.86. The van der Waals surface area contributed by atoms with E-state index in [1.54, 1.807) is 0 Å². The highest BCUT2D eigenvalue weighted by atomic mass is 32.2. The van der Waals surface area contributed by atoms with Crippen LogP contribution < -0.4 is 0 Å². The van der Waals surface area contributed by atoms with Crippen molar-refractivity contribution in [1.82, 2.24) is 0 Å². The zero-order valence-electron chi connectivity index (χ0n) is 4.64. The molecule has 0 radical (unpaired) electrons. The molecule has 0 aliphatic rings. The molecule has 5 nitrogen and oxygen atoms in total. The third kappa shape index (κ3) is 3.04. The van der Waals surface area contributed by atoms with Crippen molar-refractivity contribution in [2.24, 2.45) is 0 Å². The Hall–Kier alpha value is -0.620. The van der Waals surface area contributed by atoms with Gasteiger partial charge < -0.3 is 4.74 Å². The predicted molar refractivity (Wildman–Crippen MR) is 28.2 cm³/mol. The van der Waals surface area contributed by atoms with E-state index in [1.165, 1.54) is 0 Å². The largest absolute Gasteiger partial charge is 0.446 e. The van der Waals surface area contributed by atoms with Gasteiger partial charge in [-0.2, -0.15) is 8.42 Å². The Balaban J connectivity index is 4.05. The smallest absolute Gasteiger partial charge is 0.303 e. The first kappa shape index (κ1) is 8.38. The Kier molecular flexibility index (Phi) is 2.60. The second-order valence-corrected chi connectivity index (χ2v) is 3.01. The molecule has 54 valence electrons. The van der Waals surface area contributed by atoms with Gasteiger partial charge in [-0.3, -0.25) is 9.35 Å². The second-order valence-electron chi connectivity index (χ2n) is 1.31. The maximum Gasteiger partial charge on any atom is 0.303 e. The normalized spacial score (nSPS) is 14.4. The summed E-state index contributed by atoms with van der Waals surface area (Å²) in [6.07, 6.45) is 0. The predicted octanol–water partition coefficient (Wildman–Crippen LogP) is -0.607. The van der Waals surface area contributed by atoms with E-state index < -0.39 is 15.6 Å². The fourth-order valence-corrected chi connectivity index (χ4v) is 0.334. The van der Waals surface area contributed by atoms with E-state index in [0.717, 1.165) is 6.92 Å². The van der Waals surface area contributed by atoms with Crippen LogP contribution in [0.2, 0.25) is 0 Å². The zero-order valence-corrected chi connectivity index (χ0v) is 5.46. The molecular weight excluding hydrogens is 148 g/mol. The average Bonchev–Trinajstić information content (AvgIpc) is 1.64. The van der Waals surface area contributed by atoms with Crippen LogP contribution in [0.25, 0.3) is 0 Å². The van der Waals surface area contributed by atoms with Gasteiger partial charge >= 0.3 is 10.1 Å². The maximum atomic E-state index is 9.99. The Labute approximate surface area is 52.4 Å². The summed E-state index contributed by atoms with van der Waals surface area (Å²) in [5.74, 6) is 0. The minimum absolute atomic E-state index is 0.0432. The summed E-state index contributed by atoms with van der Waals surface area (Å²) in [6.45, 7) is 1.00. The minimum Gasteiger partial charge on any atom is -0.446 e. The van der Waals surface area contributed by atoms with E-state index in [-0.39, 0.29) is 6.47 Å². The molecular formula is C3H6O5S. The molecule has 0 fully saturated rings. The third-order valence-corrected chi connectivity index (χ3v) is 1.62. The molecule has 9 heavy (non-hydrogen) atoms. The summed E-state index contributed by atoms with van der Waals surface area (Å²) in [7, 11) is -4.22. The van der Waals surface area contributed by atoms with Gasteiger partial charge in [0.05, 0.1) is 0 Å². The van der Waals surface area contributed by atoms with Crippen molar-refractivity contribution in [2.45, 2.75) is 12.4 Å². The van der Waals surface area contributed by atoms with E-state index in [0.29, 0.717) is 0 Å². The van der Waals surface area contributed by atoms with Gasteiger partial charge in [0.1, 0.15) is 0 Å². The van der Waals surface area contributed by atoms with Crippen molar-refractivity contribution < 1.29 is 22.5 Å². The Morgan fingerprint density at radius 2 is 2.11 bits per heavy atom. The van der Waals surface area contributed by atoms with E-state index in [1.807, 2.05) is 0 Å². The molecule has 0 rings (SSSR count). The first-order chi connectivity index (χ1) is 3.98. The lowest BCUT2D eigenvalue weighted by Crippen LogP contribution is -2.19. The minimum atomic E-state index is -4.22. The van der Waals surface area contributed by atoms with Crippen LogP contribution in [-0.4, -0.2) is 24.9 Å². The van der Waals surface area contributed by atoms with Gasteiger partial charge in [-0.05, 0) is 6.92 Å². The van der Waals surface area contributed by atoms with Crippen LogP contribution in [0, 0.1) is 0 Å². The molecule has 0 aromatic heterocycles. The molecule has 1 N–H and O–H groups in total. The van der Waals surface area contributed by atoms with Crippen molar-refractivity contribution in [2.75, 3.05) is 0 Å². The first-order valence-electron chi connectivity index (χ1n) is 2.04. The van der Waals surface area contributed by atoms with Crippen LogP contribution in [0.15, 0.2) is 0 Å². The van der Waals surface area contributed by atoms with Crippen LogP contribution in [-0.2, 0) is 19.6 Å². The van der Waals surface area contributed by atoms with Crippen LogP contribution in [0.1, 0.15) is 6.92 Å². The number of ether oxygens (including phenoxy) is 1. The second kappa shape index (κ2) is 2.79. The Bertz CT molecular complexity index is 180. The van der Waals surface area contributed by atoms with E-state index in [9.17, 15) is 13.2 Å². The molecule has 0 aliphatic carbocycles. The van der Waals surface area contributed by atoms with Gasteiger partial charge in [0, 0.05) is 0 Å². The van der Waals surface area contributed by atoms with Crippen molar-refractivity contribution >= 4 is 16.6 Å². The number of carbonyl (C=O) groups excluding carboxylic acids is 1. The summed E-state index contributed by atoms with van der Waals surface area (Å²) in [6, 6.07) is 0. The average molecular weight is 154 g/mol. The third-order valence-electron chi connectivity index (χ3n) is 0.667. The van der Waals surface area contributed by atoms with Gasteiger partial charge in [-0.1, -0.05) is 0 Å². The molecule has 0 saturated carbocycles. The maximum absolute atomic E-state index is 9.99. The fourth-order valence-electron chi connectivity index (χ4n) is 0.148. The number of rotatable bonds is 3. The lowest BCUT2D eigenvalue weighted by atomic mass is 10.9. The van der Waals surface area contributed by atoms with Crippen molar-refractivity contribution in [1.29, 1.82) is 0 Å². The number of carbonyl (C=O) groups is 1. The lowest BCUT2D eigenvalue weighted by molar-refractivity contribution is -0.129.